The van der Waals surface area contributed by atoms with E-state index in [1.54, 1.807) is 17.1 Å². The van der Waals surface area contributed by atoms with Crippen LogP contribution in [0.5, 0.6) is 0 Å². The number of fused-ring (bicyclic) bond motifs is 3. The van der Waals surface area contributed by atoms with Gasteiger partial charge in [-0.05, 0) is 46.9 Å². The van der Waals surface area contributed by atoms with E-state index >= 15 is 4.79 Å². The highest BCUT2D eigenvalue weighted by Crippen LogP contribution is 2.56. The van der Waals surface area contributed by atoms with Crippen molar-refractivity contribution in [1.82, 2.24) is 10.2 Å². The number of amides is 3. The average molecular weight is 712 g/mol. The molecule has 4 aromatic rings. The molecule has 53 heavy (non-hydrogen) atoms. The molecule has 270 valence electrons. The zero-order valence-corrected chi connectivity index (χ0v) is 29.1. The van der Waals surface area contributed by atoms with Gasteiger partial charge in [0.05, 0.1) is 31.2 Å². The van der Waals surface area contributed by atoms with Crippen molar-refractivity contribution in [2.75, 3.05) is 24.6 Å². The molecule has 5 bridgehead atoms. The Morgan fingerprint density at radius 3 is 2.36 bits per heavy atom. The summed E-state index contributed by atoms with van der Waals surface area (Å²) in [6, 6.07) is 30.3. The van der Waals surface area contributed by atoms with Crippen molar-refractivity contribution < 1.29 is 33.8 Å². The fourth-order valence-corrected chi connectivity index (χ4v) is 8.42. The quantitative estimate of drug-likeness (QED) is 0.220. The van der Waals surface area contributed by atoms with Crippen molar-refractivity contribution >= 4 is 40.2 Å². The Bertz CT molecular complexity index is 2090. The normalized spacial score (nSPS) is 28.5. The Kier molecular flexibility index (Phi) is 9.40. The SMILES string of the molecule is O=C1CC/C=C\CN(c2ccc3ccccc3c2)C(=O)[C@@H]2N([C@@H](CO)Cc3ccccc3)C(=O)[C@H]3[C@H](C(=O)O[C@H](c4ccccc4)CN1)[C@@H]1C=C[C@]23O1. The molecule has 4 heterocycles. The van der Waals surface area contributed by atoms with Gasteiger partial charge in [-0.25, -0.2) is 0 Å². The molecule has 8 rings (SSSR count). The number of carbonyl (C=O) groups excluding carboxylic acids is 4. The van der Waals surface area contributed by atoms with E-state index < -0.39 is 66.1 Å². The van der Waals surface area contributed by atoms with Crippen LogP contribution in [0.2, 0.25) is 0 Å². The average Bonchev–Trinajstić information content (AvgIpc) is 3.84. The molecule has 0 saturated carbocycles. The van der Waals surface area contributed by atoms with Crippen molar-refractivity contribution in [3.63, 3.8) is 0 Å². The molecule has 4 aliphatic heterocycles. The topological polar surface area (TPSA) is 125 Å². The lowest BCUT2D eigenvalue weighted by Crippen LogP contribution is -2.59. The molecule has 2 saturated heterocycles. The summed E-state index contributed by atoms with van der Waals surface area (Å²) >= 11 is 0. The Balaban J connectivity index is 1.25. The van der Waals surface area contributed by atoms with Crippen molar-refractivity contribution in [2.45, 2.75) is 49.2 Å². The van der Waals surface area contributed by atoms with Crippen LogP contribution in [-0.2, 0) is 35.1 Å². The Labute approximate surface area is 307 Å². The van der Waals surface area contributed by atoms with Crippen LogP contribution in [0.1, 0.15) is 30.1 Å². The summed E-state index contributed by atoms with van der Waals surface area (Å²) in [5.74, 6) is -3.86. The molecule has 4 aromatic carbocycles. The van der Waals surface area contributed by atoms with E-state index in [0.29, 0.717) is 17.7 Å². The van der Waals surface area contributed by atoms with Crippen molar-refractivity contribution in [2.24, 2.45) is 11.8 Å². The number of aliphatic hydroxyl groups is 1. The van der Waals surface area contributed by atoms with Gasteiger partial charge in [0.25, 0.3) is 5.91 Å². The van der Waals surface area contributed by atoms with Gasteiger partial charge in [0.2, 0.25) is 11.8 Å². The lowest BCUT2D eigenvalue weighted by Gasteiger charge is -2.39. The van der Waals surface area contributed by atoms with Gasteiger partial charge in [0.1, 0.15) is 23.7 Å². The van der Waals surface area contributed by atoms with E-state index in [9.17, 15) is 19.5 Å². The van der Waals surface area contributed by atoms with Crippen LogP contribution in [0.25, 0.3) is 10.8 Å². The number of hydrogen-bond acceptors (Lipinski definition) is 7. The molecule has 0 aromatic heterocycles. The van der Waals surface area contributed by atoms with E-state index in [1.165, 1.54) is 4.90 Å². The van der Waals surface area contributed by atoms with E-state index in [4.69, 9.17) is 9.47 Å². The summed E-state index contributed by atoms with van der Waals surface area (Å²) < 4.78 is 12.8. The molecular weight excluding hydrogens is 670 g/mol. The van der Waals surface area contributed by atoms with Crippen molar-refractivity contribution in [3.8, 4) is 0 Å². The number of allylic oxidation sites excluding steroid dienone is 1. The maximum atomic E-state index is 15.4. The second-order valence-electron chi connectivity index (χ2n) is 14.1. The number of nitrogens with zero attached hydrogens (tertiary/aromatic N) is 2. The maximum Gasteiger partial charge on any atom is 0.313 e. The number of cyclic esters (lactones) is 1. The number of carbonyl (C=O) groups is 4. The zero-order chi connectivity index (χ0) is 36.5. The van der Waals surface area contributed by atoms with Gasteiger partial charge in [0, 0.05) is 18.7 Å². The van der Waals surface area contributed by atoms with Crippen LogP contribution in [0, 0.1) is 11.8 Å². The molecule has 1 spiro atoms. The van der Waals surface area contributed by atoms with Crippen molar-refractivity contribution in [3.05, 3.63) is 139 Å². The second-order valence-corrected chi connectivity index (χ2v) is 14.1. The number of benzene rings is 4. The zero-order valence-electron chi connectivity index (χ0n) is 29.1. The van der Waals surface area contributed by atoms with Gasteiger partial charge in [-0.15, -0.1) is 0 Å². The van der Waals surface area contributed by atoms with Crippen molar-refractivity contribution in [1.29, 1.82) is 0 Å². The van der Waals surface area contributed by atoms with Gasteiger partial charge < -0.3 is 29.7 Å². The van der Waals surface area contributed by atoms with Gasteiger partial charge in [-0.1, -0.05) is 115 Å². The lowest BCUT2D eigenvalue weighted by atomic mass is 9.74. The van der Waals surface area contributed by atoms with Crippen LogP contribution in [-0.4, -0.2) is 77.2 Å². The predicted molar refractivity (Wildman–Crippen MR) is 198 cm³/mol. The molecule has 0 aliphatic carbocycles. The third kappa shape index (κ3) is 6.32. The first-order valence-corrected chi connectivity index (χ1v) is 18.2. The van der Waals surface area contributed by atoms with Gasteiger partial charge in [0.15, 0.2) is 0 Å². The maximum absolute atomic E-state index is 15.4. The number of nitrogens with one attached hydrogen (secondary N) is 1. The molecule has 10 heteroatoms. The first-order chi connectivity index (χ1) is 25.9. The molecule has 4 aliphatic rings. The van der Waals surface area contributed by atoms with Crippen LogP contribution in [0.15, 0.2) is 127 Å². The minimum atomic E-state index is -1.49. The van der Waals surface area contributed by atoms with E-state index in [2.05, 4.69) is 5.32 Å². The number of esters is 1. The van der Waals surface area contributed by atoms with E-state index in [0.717, 1.165) is 16.3 Å². The Hall–Kier alpha value is -5.58. The number of aliphatic hydroxyl groups excluding tert-OH is 1. The summed E-state index contributed by atoms with van der Waals surface area (Å²) in [4.78, 5) is 60.8. The molecule has 0 radical (unpaired) electrons. The summed E-state index contributed by atoms with van der Waals surface area (Å²) in [5, 5.41) is 15.8. The van der Waals surface area contributed by atoms with Crippen LogP contribution < -0.4 is 10.2 Å². The third-order valence-corrected chi connectivity index (χ3v) is 11.0. The minimum Gasteiger partial charge on any atom is -0.455 e. The number of anilines is 1. The van der Waals surface area contributed by atoms with Gasteiger partial charge in [-0.3, -0.25) is 19.2 Å². The molecule has 2 fully saturated rings. The summed E-state index contributed by atoms with van der Waals surface area (Å²) in [6.07, 6.45) is 6.50. The van der Waals surface area contributed by atoms with Crippen LogP contribution >= 0.6 is 0 Å². The highest BCUT2D eigenvalue weighted by atomic mass is 16.6. The number of rotatable bonds is 6. The summed E-state index contributed by atoms with van der Waals surface area (Å²) in [7, 11) is 0. The van der Waals surface area contributed by atoms with Crippen LogP contribution in [0.3, 0.4) is 0 Å². The monoisotopic (exact) mass is 711 g/mol. The molecule has 7 atom stereocenters. The second kappa shape index (κ2) is 14.4. The number of likely N-dealkylation sites (tertiary alicyclic amines) is 1. The first-order valence-electron chi connectivity index (χ1n) is 18.2. The fourth-order valence-electron chi connectivity index (χ4n) is 8.42. The van der Waals surface area contributed by atoms with Crippen LogP contribution in [0.4, 0.5) is 5.69 Å². The number of hydrogen-bond donors (Lipinski definition) is 2. The van der Waals surface area contributed by atoms with E-state index in [1.807, 2.05) is 115 Å². The largest absolute Gasteiger partial charge is 0.455 e. The van der Waals surface area contributed by atoms with E-state index in [-0.39, 0.29) is 31.8 Å². The predicted octanol–water partition coefficient (Wildman–Crippen LogP) is 4.68. The highest BCUT2D eigenvalue weighted by Gasteiger charge is 2.74. The minimum absolute atomic E-state index is 0.0444. The third-order valence-electron chi connectivity index (χ3n) is 11.0. The standard InChI is InChI=1S/C43H41N3O7/c47-27-33(24-28-12-4-1-5-13-28)46-39-41(50)45(32-20-19-29-14-9-10-17-31(29)25-32)23-11-3-8-18-36(48)44-26-35(30-15-6-2-7-16-30)52-42(51)37-34-21-22-43(39,53-34)38(37)40(46)49/h1-7,9-17,19-22,25,33-35,37-39,47H,8,18,23-24,26-27H2,(H,44,48)/b11-3-/t33-,34+,35+,37-,38-,39+,43-/m1/s1. The fraction of sp³-hybridized carbons (Fsp3) is 0.302. The smallest absolute Gasteiger partial charge is 0.313 e. The number of ether oxygens (including phenoxy) is 2. The molecule has 3 amide bonds. The summed E-state index contributed by atoms with van der Waals surface area (Å²) in [5.41, 5.74) is 0.696. The summed E-state index contributed by atoms with van der Waals surface area (Å²) in [6.45, 7) is -0.223. The molecule has 0 unspecified atom stereocenters. The lowest BCUT2D eigenvalue weighted by molar-refractivity contribution is -0.160. The van der Waals surface area contributed by atoms with Gasteiger partial charge in [-0.2, -0.15) is 0 Å². The molecular formula is C43H41N3O7. The Morgan fingerprint density at radius 1 is 0.849 bits per heavy atom. The first kappa shape index (κ1) is 34.5. The Morgan fingerprint density at radius 2 is 1.58 bits per heavy atom. The van der Waals surface area contributed by atoms with Gasteiger partial charge >= 0.3 is 5.97 Å². The highest BCUT2D eigenvalue weighted by molar-refractivity contribution is 6.06. The molecule has 2 N–H and O–H groups in total. The molecule has 10 nitrogen and oxygen atoms in total.